The lowest BCUT2D eigenvalue weighted by atomic mass is 10.0. The zero-order chi connectivity index (χ0) is 20.0. The van der Waals surface area contributed by atoms with Crippen molar-refractivity contribution in [3.8, 4) is 0 Å². The van der Waals surface area contributed by atoms with Crippen LogP contribution in [0.2, 0.25) is 0 Å². The molecule has 0 saturated heterocycles. The summed E-state index contributed by atoms with van der Waals surface area (Å²) in [7, 11) is 0. The van der Waals surface area contributed by atoms with Crippen molar-refractivity contribution >= 4 is 12.0 Å². The zero-order valence-electron chi connectivity index (χ0n) is 15.8. The molecule has 0 aliphatic carbocycles. The number of nitrogens with one attached hydrogen (secondary N) is 2. The van der Waals surface area contributed by atoms with Crippen LogP contribution in [0.3, 0.4) is 0 Å². The Morgan fingerprint density at radius 3 is 2.27 bits per heavy atom. The number of amides is 2. The Kier molecular flexibility index (Phi) is 7.97. The minimum atomic E-state index is -1.43. The summed E-state index contributed by atoms with van der Waals surface area (Å²) in [5, 5.41) is 27.2. The SMILES string of the molecule is CC(C)C[C@H](N)c1noc(C(NC(=O)NC(C(=O)O)C(C)O)C(C)C)n1. The van der Waals surface area contributed by atoms with E-state index in [0.29, 0.717) is 18.2 Å². The minimum absolute atomic E-state index is 0.106. The van der Waals surface area contributed by atoms with Crippen LogP contribution in [0.4, 0.5) is 4.79 Å². The first-order chi connectivity index (χ1) is 12.0. The third kappa shape index (κ3) is 6.26. The summed E-state index contributed by atoms with van der Waals surface area (Å²) in [4.78, 5) is 27.5. The summed E-state index contributed by atoms with van der Waals surface area (Å²) < 4.78 is 5.24. The molecule has 2 amide bonds. The number of aliphatic carboxylic acids is 1. The molecule has 10 nitrogen and oxygen atoms in total. The quantitative estimate of drug-likeness (QED) is 0.428. The lowest BCUT2D eigenvalue weighted by molar-refractivity contribution is -0.141. The molecule has 1 heterocycles. The van der Waals surface area contributed by atoms with Gasteiger partial charge in [-0.1, -0.05) is 32.9 Å². The smallest absolute Gasteiger partial charge is 0.328 e. The molecular weight excluding hydrogens is 342 g/mol. The molecule has 148 valence electrons. The van der Waals surface area contributed by atoms with Gasteiger partial charge in [0.05, 0.1) is 12.1 Å². The van der Waals surface area contributed by atoms with Gasteiger partial charge in [-0.2, -0.15) is 4.98 Å². The van der Waals surface area contributed by atoms with E-state index < -0.39 is 30.2 Å². The summed E-state index contributed by atoms with van der Waals surface area (Å²) >= 11 is 0. The van der Waals surface area contributed by atoms with Crippen LogP contribution in [0.5, 0.6) is 0 Å². The van der Waals surface area contributed by atoms with E-state index in [0.717, 1.165) is 0 Å². The molecule has 1 aromatic rings. The van der Waals surface area contributed by atoms with Crippen LogP contribution in [0.25, 0.3) is 0 Å². The van der Waals surface area contributed by atoms with Crippen LogP contribution in [0.15, 0.2) is 4.52 Å². The molecule has 0 fully saturated rings. The molecule has 6 N–H and O–H groups in total. The second-order valence-electron chi connectivity index (χ2n) is 7.12. The maximum Gasteiger partial charge on any atom is 0.328 e. The molecule has 0 aliphatic heterocycles. The number of aliphatic hydroxyl groups excluding tert-OH is 1. The van der Waals surface area contributed by atoms with Crippen LogP contribution >= 0.6 is 0 Å². The Morgan fingerprint density at radius 2 is 1.81 bits per heavy atom. The Bertz CT molecular complexity index is 602. The predicted octanol–water partition coefficient (Wildman–Crippen LogP) is 0.946. The van der Waals surface area contributed by atoms with Gasteiger partial charge in [-0.15, -0.1) is 0 Å². The number of aromatic nitrogens is 2. The van der Waals surface area contributed by atoms with Crippen LogP contribution < -0.4 is 16.4 Å². The molecule has 4 atom stereocenters. The highest BCUT2D eigenvalue weighted by Gasteiger charge is 2.29. The third-order valence-electron chi connectivity index (χ3n) is 3.77. The fourth-order valence-electron chi connectivity index (χ4n) is 2.36. The molecule has 0 bridgehead atoms. The van der Waals surface area contributed by atoms with Crippen LogP contribution in [0.1, 0.15) is 64.8 Å². The van der Waals surface area contributed by atoms with Gasteiger partial charge in [0.15, 0.2) is 11.9 Å². The van der Waals surface area contributed by atoms with Crippen molar-refractivity contribution in [3.05, 3.63) is 11.7 Å². The summed E-state index contributed by atoms with van der Waals surface area (Å²) in [6, 6.07) is -3.20. The largest absolute Gasteiger partial charge is 0.480 e. The van der Waals surface area contributed by atoms with Crippen molar-refractivity contribution in [2.24, 2.45) is 17.6 Å². The number of hydrogen-bond acceptors (Lipinski definition) is 7. The van der Waals surface area contributed by atoms with E-state index in [1.54, 1.807) is 0 Å². The van der Waals surface area contributed by atoms with Crippen LogP contribution in [-0.4, -0.2) is 44.5 Å². The molecule has 0 aliphatic rings. The van der Waals surface area contributed by atoms with Crippen molar-refractivity contribution in [1.29, 1.82) is 0 Å². The van der Waals surface area contributed by atoms with Crippen molar-refractivity contribution in [2.75, 3.05) is 0 Å². The summed E-state index contributed by atoms with van der Waals surface area (Å²) in [6.07, 6.45) is -0.562. The van der Waals surface area contributed by atoms with E-state index in [-0.39, 0.29) is 17.9 Å². The molecule has 0 radical (unpaired) electrons. The number of carboxylic acids is 1. The molecule has 1 rings (SSSR count). The second-order valence-corrected chi connectivity index (χ2v) is 7.12. The lowest BCUT2D eigenvalue weighted by Gasteiger charge is -2.22. The fraction of sp³-hybridized carbons (Fsp3) is 0.750. The van der Waals surface area contributed by atoms with Gasteiger partial charge in [0.25, 0.3) is 0 Å². The summed E-state index contributed by atoms with van der Waals surface area (Å²) in [6.45, 7) is 9.02. The third-order valence-corrected chi connectivity index (χ3v) is 3.77. The highest BCUT2D eigenvalue weighted by molar-refractivity contribution is 5.83. The number of hydrogen-bond donors (Lipinski definition) is 5. The van der Waals surface area contributed by atoms with Crippen molar-refractivity contribution < 1.29 is 24.3 Å². The van der Waals surface area contributed by atoms with Crippen LogP contribution in [0, 0.1) is 11.8 Å². The van der Waals surface area contributed by atoms with E-state index in [2.05, 4.69) is 20.8 Å². The van der Waals surface area contributed by atoms with E-state index in [4.69, 9.17) is 15.4 Å². The lowest BCUT2D eigenvalue weighted by Crippen LogP contribution is -2.52. The molecule has 26 heavy (non-hydrogen) atoms. The standard InChI is InChI=1S/C16H29N5O5/c1-7(2)6-10(17)13-20-14(26-21-13)11(8(3)4)18-16(25)19-12(9(5)22)15(23)24/h7-12,22H,6,17H2,1-5H3,(H,23,24)(H2,18,19,25)/t9?,10-,11?,12?/m0/s1. The van der Waals surface area contributed by atoms with Gasteiger partial charge in [0.2, 0.25) is 5.89 Å². The highest BCUT2D eigenvalue weighted by atomic mass is 16.5. The number of nitrogens with two attached hydrogens (primary N) is 1. The molecular formula is C16H29N5O5. The van der Waals surface area contributed by atoms with Gasteiger partial charge >= 0.3 is 12.0 Å². The first-order valence-electron chi connectivity index (χ1n) is 8.59. The van der Waals surface area contributed by atoms with E-state index >= 15 is 0 Å². The Balaban J connectivity index is 2.85. The number of rotatable bonds is 9. The number of carbonyl (C=O) groups excluding carboxylic acids is 1. The van der Waals surface area contributed by atoms with Crippen molar-refractivity contribution in [3.63, 3.8) is 0 Å². The maximum atomic E-state index is 12.1. The summed E-state index contributed by atoms with van der Waals surface area (Å²) in [5.41, 5.74) is 6.04. The molecule has 3 unspecified atom stereocenters. The second kappa shape index (κ2) is 9.48. The normalized spacial score (nSPS) is 16.2. The van der Waals surface area contributed by atoms with Crippen LogP contribution in [-0.2, 0) is 4.79 Å². The maximum absolute atomic E-state index is 12.1. The average molecular weight is 371 g/mol. The summed E-state index contributed by atoms with van der Waals surface area (Å²) in [5.74, 6) is -0.534. The van der Waals surface area contributed by atoms with E-state index in [1.807, 2.05) is 27.7 Å². The molecule has 1 aromatic heterocycles. The van der Waals surface area contributed by atoms with Gasteiger partial charge in [0, 0.05) is 0 Å². The van der Waals surface area contributed by atoms with Gasteiger partial charge in [-0.25, -0.2) is 9.59 Å². The van der Waals surface area contributed by atoms with E-state index in [9.17, 15) is 14.7 Å². The minimum Gasteiger partial charge on any atom is -0.480 e. The Morgan fingerprint density at radius 1 is 1.19 bits per heavy atom. The topological polar surface area (TPSA) is 164 Å². The molecule has 0 aromatic carbocycles. The van der Waals surface area contributed by atoms with Crippen molar-refractivity contribution in [1.82, 2.24) is 20.8 Å². The fourth-order valence-corrected chi connectivity index (χ4v) is 2.36. The zero-order valence-corrected chi connectivity index (χ0v) is 15.8. The highest BCUT2D eigenvalue weighted by Crippen LogP contribution is 2.23. The van der Waals surface area contributed by atoms with Gasteiger partial charge < -0.3 is 31.1 Å². The predicted molar refractivity (Wildman–Crippen MR) is 93.0 cm³/mol. The first-order valence-corrected chi connectivity index (χ1v) is 8.59. The number of nitrogens with zero attached hydrogens (tertiary/aromatic N) is 2. The van der Waals surface area contributed by atoms with E-state index in [1.165, 1.54) is 6.92 Å². The van der Waals surface area contributed by atoms with Gasteiger partial charge in [0.1, 0.15) is 6.04 Å². The molecule has 10 heteroatoms. The number of urea groups is 1. The molecule has 0 saturated carbocycles. The molecule has 0 spiro atoms. The number of carboxylic acid groups (broad SMARTS) is 1. The average Bonchev–Trinajstić information content (AvgIpc) is 2.98. The Labute approximate surface area is 152 Å². The first kappa shape index (κ1) is 21.8. The number of carbonyl (C=O) groups is 2. The monoisotopic (exact) mass is 371 g/mol. The Hall–Kier alpha value is -2.20. The van der Waals surface area contributed by atoms with Gasteiger partial charge in [-0.3, -0.25) is 0 Å². The number of aliphatic hydroxyl groups is 1. The van der Waals surface area contributed by atoms with Gasteiger partial charge in [-0.05, 0) is 25.2 Å². The van der Waals surface area contributed by atoms with Crippen molar-refractivity contribution in [2.45, 2.75) is 65.3 Å².